The Kier molecular flexibility index (Phi) is 2.74. The van der Waals surface area contributed by atoms with Gasteiger partial charge in [-0.05, 0) is 20.3 Å². The second-order valence-electron chi connectivity index (χ2n) is 3.70. The van der Waals surface area contributed by atoms with Crippen molar-refractivity contribution in [2.45, 2.75) is 39.2 Å². The number of hydrogen-bond donors (Lipinski definition) is 2. The first-order valence-electron chi connectivity index (χ1n) is 4.41. The van der Waals surface area contributed by atoms with Gasteiger partial charge in [0.2, 0.25) is 0 Å². The van der Waals surface area contributed by atoms with Gasteiger partial charge in [0.1, 0.15) is 0 Å². The summed E-state index contributed by atoms with van der Waals surface area (Å²) in [5.74, 6) is 0.855. The maximum atomic E-state index is 4.12. The molecule has 0 fully saturated rings. The van der Waals surface area contributed by atoms with Gasteiger partial charge in [0.25, 0.3) is 0 Å². The molecule has 0 radical (unpaired) electrons. The second-order valence-corrected chi connectivity index (χ2v) is 3.70. The lowest BCUT2D eigenvalue weighted by Gasteiger charge is -2.25. The predicted molar refractivity (Wildman–Crippen MR) is 51.2 cm³/mol. The van der Waals surface area contributed by atoms with Crippen LogP contribution in [0.3, 0.4) is 0 Å². The molecule has 0 aliphatic carbocycles. The molecule has 0 saturated carbocycles. The SMILES string of the molecule is CCCC(C)(C)Nc1ncc[nH]1. The molecule has 0 spiro atoms. The van der Waals surface area contributed by atoms with E-state index in [9.17, 15) is 0 Å². The fourth-order valence-electron chi connectivity index (χ4n) is 1.34. The van der Waals surface area contributed by atoms with Crippen molar-refractivity contribution in [1.29, 1.82) is 0 Å². The van der Waals surface area contributed by atoms with Crippen LogP contribution < -0.4 is 5.32 Å². The van der Waals surface area contributed by atoms with Crippen molar-refractivity contribution in [3.63, 3.8) is 0 Å². The summed E-state index contributed by atoms with van der Waals surface area (Å²) in [6.07, 6.45) is 5.91. The summed E-state index contributed by atoms with van der Waals surface area (Å²) in [4.78, 5) is 7.15. The molecule has 3 nitrogen and oxygen atoms in total. The first-order chi connectivity index (χ1) is 5.64. The smallest absolute Gasteiger partial charge is 0.200 e. The van der Waals surface area contributed by atoms with Crippen LogP contribution >= 0.6 is 0 Å². The maximum absolute atomic E-state index is 4.12. The molecule has 0 bridgehead atoms. The lowest BCUT2D eigenvalue weighted by atomic mass is 9.99. The van der Waals surface area contributed by atoms with Gasteiger partial charge in [-0.15, -0.1) is 0 Å². The van der Waals surface area contributed by atoms with Crippen LogP contribution in [0.15, 0.2) is 12.4 Å². The van der Waals surface area contributed by atoms with Crippen LogP contribution in [-0.2, 0) is 0 Å². The summed E-state index contributed by atoms with van der Waals surface area (Å²) < 4.78 is 0. The molecule has 1 aromatic rings. The average Bonchev–Trinajstić information content (AvgIpc) is 2.38. The van der Waals surface area contributed by atoms with Crippen molar-refractivity contribution in [3.05, 3.63) is 12.4 Å². The van der Waals surface area contributed by atoms with Crippen LogP contribution in [0, 0.1) is 0 Å². The van der Waals surface area contributed by atoms with Gasteiger partial charge >= 0.3 is 0 Å². The zero-order valence-electron chi connectivity index (χ0n) is 8.02. The number of aromatic amines is 1. The van der Waals surface area contributed by atoms with Crippen molar-refractivity contribution in [2.24, 2.45) is 0 Å². The fourth-order valence-corrected chi connectivity index (χ4v) is 1.34. The number of anilines is 1. The number of aromatic nitrogens is 2. The molecule has 3 heteroatoms. The normalized spacial score (nSPS) is 11.6. The highest BCUT2D eigenvalue weighted by Crippen LogP contribution is 2.15. The first kappa shape index (κ1) is 9.10. The van der Waals surface area contributed by atoms with E-state index in [0.717, 1.165) is 12.4 Å². The third kappa shape index (κ3) is 2.57. The Morgan fingerprint density at radius 3 is 2.83 bits per heavy atom. The summed E-state index contributed by atoms with van der Waals surface area (Å²) in [5.41, 5.74) is 0.132. The van der Waals surface area contributed by atoms with Gasteiger partial charge in [-0.1, -0.05) is 13.3 Å². The summed E-state index contributed by atoms with van der Waals surface area (Å²) in [6, 6.07) is 0. The number of hydrogen-bond acceptors (Lipinski definition) is 2. The Morgan fingerprint density at radius 2 is 2.33 bits per heavy atom. The topological polar surface area (TPSA) is 40.7 Å². The third-order valence-electron chi connectivity index (χ3n) is 1.83. The molecule has 0 unspecified atom stereocenters. The van der Waals surface area contributed by atoms with Crippen LogP contribution in [0.4, 0.5) is 5.95 Å². The highest BCUT2D eigenvalue weighted by Gasteiger charge is 2.16. The summed E-state index contributed by atoms with van der Waals surface area (Å²) in [7, 11) is 0. The highest BCUT2D eigenvalue weighted by atomic mass is 15.1. The zero-order valence-corrected chi connectivity index (χ0v) is 8.02. The van der Waals surface area contributed by atoms with Gasteiger partial charge in [-0.25, -0.2) is 4.98 Å². The van der Waals surface area contributed by atoms with E-state index in [-0.39, 0.29) is 5.54 Å². The van der Waals surface area contributed by atoms with Gasteiger partial charge in [0, 0.05) is 17.9 Å². The molecule has 0 atom stereocenters. The van der Waals surface area contributed by atoms with Gasteiger partial charge < -0.3 is 10.3 Å². The second kappa shape index (κ2) is 3.61. The summed E-state index contributed by atoms with van der Waals surface area (Å²) in [5, 5.41) is 3.33. The monoisotopic (exact) mass is 167 g/mol. The van der Waals surface area contributed by atoms with E-state index in [2.05, 4.69) is 36.1 Å². The van der Waals surface area contributed by atoms with Crippen molar-refractivity contribution in [2.75, 3.05) is 5.32 Å². The van der Waals surface area contributed by atoms with Crippen LogP contribution in [0.25, 0.3) is 0 Å². The van der Waals surface area contributed by atoms with Crippen LogP contribution in [-0.4, -0.2) is 15.5 Å². The summed E-state index contributed by atoms with van der Waals surface area (Å²) in [6.45, 7) is 6.55. The first-order valence-corrected chi connectivity index (χ1v) is 4.41. The minimum atomic E-state index is 0.132. The Hall–Kier alpha value is -0.990. The van der Waals surface area contributed by atoms with E-state index in [1.54, 1.807) is 6.20 Å². The molecule has 0 aliphatic heterocycles. The Bertz CT molecular complexity index is 214. The Balaban J connectivity index is 2.50. The van der Waals surface area contributed by atoms with E-state index in [0.29, 0.717) is 0 Å². The molecular weight excluding hydrogens is 150 g/mol. The van der Waals surface area contributed by atoms with E-state index < -0.39 is 0 Å². The Morgan fingerprint density at radius 1 is 1.58 bits per heavy atom. The van der Waals surface area contributed by atoms with Crippen LogP contribution in [0.1, 0.15) is 33.6 Å². The minimum Gasteiger partial charge on any atom is -0.351 e. The summed E-state index contributed by atoms with van der Waals surface area (Å²) >= 11 is 0. The molecule has 0 saturated heterocycles. The highest BCUT2D eigenvalue weighted by molar-refractivity contribution is 5.27. The zero-order chi connectivity index (χ0) is 9.03. The third-order valence-corrected chi connectivity index (χ3v) is 1.83. The van der Waals surface area contributed by atoms with Gasteiger partial charge in [-0.2, -0.15) is 0 Å². The Labute approximate surface area is 73.6 Å². The molecule has 2 N–H and O–H groups in total. The van der Waals surface area contributed by atoms with Crippen molar-refractivity contribution < 1.29 is 0 Å². The van der Waals surface area contributed by atoms with Crippen LogP contribution in [0.2, 0.25) is 0 Å². The lowest BCUT2D eigenvalue weighted by Crippen LogP contribution is -2.30. The molecule has 0 amide bonds. The average molecular weight is 167 g/mol. The minimum absolute atomic E-state index is 0.132. The molecular formula is C9H17N3. The fraction of sp³-hybridized carbons (Fsp3) is 0.667. The van der Waals surface area contributed by atoms with E-state index in [4.69, 9.17) is 0 Å². The molecule has 0 aromatic carbocycles. The molecule has 1 rings (SSSR count). The molecule has 12 heavy (non-hydrogen) atoms. The van der Waals surface area contributed by atoms with Gasteiger partial charge in [0.15, 0.2) is 5.95 Å². The van der Waals surface area contributed by atoms with E-state index in [1.807, 2.05) is 6.20 Å². The van der Waals surface area contributed by atoms with Crippen LogP contribution in [0.5, 0.6) is 0 Å². The number of rotatable bonds is 4. The largest absolute Gasteiger partial charge is 0.351 e. The maximum Gasteiger partial charge on any atom is 0.200 e. The quantitative estimate of drug-likeness (QED) is 0.723. The van der Waals surface area contributed by atoms with E-state index >= 15 is 0 Å². The number of H-pyrrole nitrogens is 1. The number of nitrogens with zero attached hydrogens (tertiary/aromatic N) is 1. The lowest BCUT2D eigenvalue weighted by molar-refractivity contribution is 0.507. The molecule has 1 heterocycles. The van der Waals surface area contributed by atoms with Gasteiger partial charge in [0.05, 0.1) is 0 Å². The molecule has 1 aromatic heterocycles. The molecule has 0 aliphatic rings. The van der Waals surface area contributed by atoms with Gasteiger partial charge in [-0.3, -0.25) is 0 Å². The van der Waals surface area contributed by atoms with Crippen molar-refractivity contribution in [3.8, 4) is 0 Å². The number of imidazole rings is 1. The standard InChI is InChI=1S/C9H17N3/c1-4-5-9(2,3)12-8-10-6-7-11-8/h6-7H,4-5H2,1-3H3,(H2,10,11,12). The predicted octanol–water partition coefficient (Wildman–Crippen LogP) is 2.40. The molecule has 68 valence electrons. The number of nitrogens with one attached hydrogen (secondary N) is 2. The van der Waals surface area contributed by atoms with E-state index in [1.165, 1.54) is 6.42 Å². The van der Waals surface area contributed by atoms with Crippen molar-refractivity contribution in [1.82, 2.24) is 9.97 Å². The van der Waals surface area contributed by atoms with Crippen molar-refractivity contribution >= 4 is 5.95 Å².